The summed E-state index contributed by atoms with van der Waals surface area (Å²) in [6.45, 7) is 0.0788. The summed E-state index contributed by atoms with van der Waals surface area (Å²) < 4.78 is 59.7. The second-order valence-electron chi connectivity index (χ2n) is 8.07. The van der Waals surface area contributed by atoms with Gasteiger partial charge in [0.25, 0.3) is 5.91 Å². The molecule has 1 amide bonds. The zero-order valence-corrected chi connectivity index (χ0v) is 19.3. The van der Waals surface area contributed by atoms with Crippen molar-refractivity contribution >= 4 is 17.4 Å². The number of hydrogen-bond donors (Lipinski definition) is 2. The topological polar surface area (TPSA) is 125 Å². The third-order valence-electron chi connectivity index (χ3n) is 5.51. The molecule has 0 saturated heterocycles. The lowest BCUT2D eigenvalue weighted by Crippen LogP contribution is -2.15. The summed E-state index contributed by atoms with van der Waals surface area (Å²) in [5.74, 6) is -1.27. The Morgan fingerprint density at radius 1 is 1.05 bits per heavy atom. The molecule has 0 unspecified atom stereocenters. The standard InChI is InChI=1S/C25H17F4N7O2/c26-17-7-2-1-4-15(17)13-36-21(18-8-9-38-35-18)11-19(34-36)23-31-12-20(22(30)33-23)32-24(37)14-5-3-6-16(10-14)25(27,28)29/h1-12H,13H2,(H,32,37)(H2,30,31,33). The van der Waals surface area contributed by atoms with Gasteiger partial charge in [0.15, 0.2) is 11.6 Å². The summed E-state index contributed by atoms with van der Waals surface area (Å²) in [7, 11) is 0. The highest BCUT2D eigenvalue weighted by atomic mass is 19.4. The fourth-order valence-corrected chi connectivity index (χ4v) is 3.63. The molecule has 192 valence electrons. The van der Waals surface area contributed by atoms with Gasteiger partial charge in [-0.2, -0.15) is 18.3 Å². The second kappa shape index (κ2) is 9.76. The van der Waals surface area contributed by atoms with Gasteiger partial charge in [0, 0.05) is 17.2 Å². The van der Waals surface area contributed by atoms with Crippen LogP contribution in [0.2, 0.25) is 0 Å². The molecule has 0 atom stereocenters. The first-order valence-electron chi connectivity index (χ1n) is 11.0. The normalized spacial score (nSPS) is 11.5. The molecule has 3 aromatic heterocycles. The molecule has 2 aromatic carbocycles. The zero-order chi connectivity index (χ0) is 26.9. The van der Waals surface area contributed by atoms with Crippen LogP contribution in [0.15, 0.2) is 77.6 Å². The Hall–Kier alpha value is -5.07. The molecule has 3 N–H and O–H groups in total. The number of hydrogen-bond acceptors (Lipinski definition) is 7. The molecule has 0 aliphatic heterocycles. The number of anilines is 2. The molecular weight excluding hydrogens is 506 g/mol. The lowest BCUT2D eigenvalue weighted by molar-refractivity contribution is -0.137. The number of nitrogen functional groups attached to an aromatic ring is 1. The Bertz CT molecular complexity index is 1610. The van der Waals surface area contributed by atoms with Crippen molar-refractivity contribution in [1.82, 2.24) is 24.9 Å². The number of carbonyl (C=O) groups is 1. The van der Waals surface area contributed by atoms with Crippen molar-refractivity contribution in [3.63, 3.8) is 0 Å². The summed E-state index contributed by atoms with van der Waals surface area (Å²) in [6.07, 6.45) is -2.00. The third kappa shape index (κ3) is 5.07. The van der Waals surface area contributed by atoms with Gasteiger partial charge in [0.1, 0.15) is 29.2 Å². The number of nitrogens with one attached hydrogen (secondary N) is 1. The number of aromatic nitrogens is 5. The Balaban J connectivity index is 1.42. The average molecular weight is 523 g/mol. The van der Waals surface area contributed by atoms with Crippen molar-refractivity contribution in [2.45, 2.75) is 12.7 Å². The van der Waals surface area contributed by atoms with E-state index in [0.717, 1.165) is 18.2 Å². The molecule has 13 heteroatoms. The fraction of sp³-hybridized carbons (Fsp3) is 0.0800. The summed E-state index contributed by atoms with van der Waals surface area (Å²) in [5, 5.41) is 10.8. The van der Waals surface area contributed by atoms with Crippen molar-refractivity contribution in [2.75, 3.05) is 11.1 Å². The highest BCUT2D eigenvalue weighted by Gasteiger charge is 2.31. The smallest absolute Gasteiger partial charge is 0.382 e. The van der Waals surface area contributed by atoms with E-state index < -0.39 is 23.5 Å². The molecule has 0 bridgehead atoms. The quantitative estimate of drug-likeness (QED) is 0.299. The minimum atomic E-state index is -4.60. The van der Waals surface area contributed by atoms with E-state index >= 15 is 0 Å². The summed E-state index contributed by atoms with van der Waals surface area (Å²) in [6, 6.07) is 13.4. The van der Waals surface area contributed by atoms with Gasteiger partial charge in [-0.15, -0.1) is 0 Å². The highest BCUT2D eigenvalue weighted by Crippen LogP contribution is 2.30. The van der Waals surface area contributed by atoms with E-state index in [1.54, 1.807) is 30.3 Å². The van der Waals surface area contributed by atoms with Gasteiger partial charge in [-0.05, 0) is 30.3 Å². The van der Waals surface area contributed by atoms with Gasteiger partial charge in [-0.3, -0.25) is 9.48 Å². The maximum atomic E-state index is 14.3. The van der Waals surface area contributed by atoms with Crippen molar-refractivity contribution < 1.29 is 26.9 Å². The first kappa shape index (κ1) is 24.6. The van der Waals surface area contributed by atoms with Crippen LogP contribution in [-0.2, 0) is 12.7 Å². The highest BCUT2D eigenvalue weighted by molar-refractivity contribution is 6.05. The van der Waals surface area contributed by atoms with E-state index in [-0.39, 0.29) is 35.1 Å². The lowest BCUT2D eigenvalue weighted by atomic mass is 10.1. The predicted molar refractivity (Wildman–Crippen MR) is 128 cm³/mol. The molecule has 0 aliphatic rings. The van der Waals surface area contributed by atoms with Crippen molar-refractivity contribution in [2.24, 2.45) is 0 Å². The molecule has 0 fully saturated rings. The number of halogens is 4. The van der Waals surface area contributed by atoms with Gasteiger partial charge in [0.05, 0.1) is 24.0 Å². The number of nitrogens with two attached hydrogens (primary N) is 1. The van der Waals surface area contributed by atoms with Crippen LogP contribution in [0, 0.1) is 5.82 Å². The van der Waals surface area contributed by atoms with Crippen LogP contribution in [0.4, 0.5) is 29.1 Å². The van der Waals surface area contributed by atoms with E-state index in [0.29, 0.717) is 17.0 Å². The number of alkyl halides is 3. The Morgan fingerprint density at radius 3 is 2.58 bits per heavy atom. The molecule has 0 saturated carbocycles. The Labute approximate surface area is 211 Å². The molecular formula is C25H17F4N7O2. The maximum Gasteiger partial charge on any atom is 0.416 e. The summed E-state index contributed by atoms with van der Waals surface area (Å²) >= 11 is 0. The van der Waals surface area contributed by atoms with Crippen molar-refractivity contribution in [1.29, 1.82) is 0 Å². The maximum absolute atomic E-state index is 14.3. The van der Waals surface area contributed by atoms with Gasteiger partial charge >= 0.3 is 6.18 Å². The Kier molecular flexibility index (Phi) is 6.33. The van der Waals surface area contributed by atoms with Crippen molar-refractivity contribution in [3.8, 4) is 22.9 Å². The summed E-state index contributed by atoms with van der Waals surface area (Å²) in [5.41, 5.74) is 6.45. The molecule has 5 aromatic rings. The minimum Gasteiger partial charge on any atom is -0.382 e. The van der Waals surface area contributed by atoms with E-state index in [1.165, 1.54) is 29.3 Å². The first-order chi connectivity index (χ1) is 18.2. The van der Waals surface area contributed by atoms with Gasteiger partial charge in [-0.1, -0.05) is 29.4 Å². The Morgan fingerprint density at radius 2 is 1.87 bits per heavy atom. The van der Waals surface area contributed by atoms with Crippen molar-refractivity contribution in [3.05, 3.63) is 95.6 Å². The molecule has 3 heterocycles. The van der Waals surface area contributed by atoms with E-state index in [2.05, 4.69) is 25.5 Å². The number of benzene rings is 2. The number of rotatable bonds is 6. The van der Waals surface area contributed by atoms with Crippen LogP contribution in [0.5, 0.6) is 0 Å². The van der Waals surface area contributed by atoms with Crippen LogP contribution in [0.3, 0.4) is 0 Å². The molecule has 38 heavy (non-hydrogen) atoms. The third-order valence-corrected chi connectivity index (χ3v) is 5.51. The van der Waals surface area contributed by atoms with E-state index in [9.17, 15) is 22.4 Å². The number of carbonyl (C=O) groups excluding carboxylic acids is 1. The molecule has 0 radical (unpaired) electrons. The lowest BCUT2D eigenvalue weighted by Gasteiger charge is -2.10. The molecule has 5 rings (SSSR count). The van der Waals surface area contributed by atoms with Gasteiger partial charge < -0.3 is 15.6 Å². The molecule has 9 nitrogen and oxygen atoms in total. The zero-order valence-electron chi connectivity index (χ0n) is 19.3. The van der Waals surface area contributed by atoms with Crippen LogP contribution in [0.1, 0.15) is 21.5 Å². The number of nitrogens with zero attached hydrogens (tertiary/aromatic N) is 5. The van der Waals surface area contributed by atoms with E-state index in [4.69, 9.17) is 10.3 Å². The average Bonchev–Trinajstić information content (AvgIpc) is 3.56. The largest absolute Gasteiger partial charge is 0.416 e. The number of amides is 1. The SMILES string of the molecule is Nc1nc(-c2cc(-c3ccon3)n(Cc3ccccc3F)n2)ncc1NC(=O)c1cccc(C(F)(F)F)c1. The molecule has 0 spiro atoms. The monoisotopic (exact) mass is 523 g/mol. The van der Waals surface area contributed by atoms with Gasteiger partial charge in [-0.25, -0.2) is 14.4 Å². The second-order valence-corrected chi connectivity index (χ2v) is 8.07. The van der Waals surface area contributed by atoms with E-state index in [1.807, 2.05) is 0 Å². The van der Waals surface area contributed by atoms with Crippen LogP contribution in [-0.4, -0.2) is 30.8 Å². The van der Waals surface area contributed by atoms with Crippen LogP contribution in [0.25, 0.3) is 22.9 Å². The van der Waals surface area contributed by atoms with Crippen LogP contribution >= 0.6 is 0 Å². The first-order valence-corrected chi connectivity index (χ1v) is 11.0. The van der Waals surface area contributed by atoms with Gasteiger partial charge in [0.2, 0.25) is 0 Å². The molecule has 0 aliphatic carbocycles. The predicted octanol–water partition coefficient (Wildman–Crippen LogP) is 5.04. The minimum absolute atomic E-state index is 0.00123. The fourth-order valence-electron chi connectivity index (χ4n) is 3.63. The van der Waals surface area contributed by atoms with Crippen LogP contribution < -0.4 is 11.1 Å². The summed E-state index contributed by atoms with van der Waals surface area (Å²) in [4.78, 5) is 20.9.